The number of hydrogen-bond acceptors (Lipinski definition) is 5. The van der Waals surface area contributed by atoms with Crippen LogP contribution < -0.4 is 18.9 Å². The zero-order valence-electron chi connectivity index (χ0n) is 18.5. The van der Waals surface area contributed by atoms with Crippen LogP contribution in [0, 0.1) is 6.92 Å². The summed E-state index contributed by atoms with van der Waals surface area (Å²) in [5.41, 5.74) is 3.18. The van der Waals surface area contributed by atoms with E-state index in [-0.39, 0.29) is 5.78 Å². The number of allylic oxidation sites excluding steroid dienone is 1. The maximum Gasteiger partial charge on any atom is 0.185 e. The molecule has 3 aromatic rings. The first kappa shape index (κ1) is 23.2. The molecule has 0 heterocycles. The molecule has 6 heteroatoms. The lowest BCUT2D eigenvalue weighted by atomic mass is 10.1. The Morgan fingerprint density at radius 1 is 0.844 bits per heavy atom. The first-order valence-corrected chi connectivity index (χ1v) is 10.3. The lowest BCUT2D eigenvalue weighted by molar-refractivity contribution is 0.104. The van der Waals surface area contributed by atoms with E-state index in [1.54, 1.807) is 44.6 Å². The second kappa shape index (κ2) is 10.7. The van der Waals surface area contributed by atoms with E-state index in [2.05, 4.69) is 0 Å². The van der Waals surface area contributed by atoms with Crippen molar-refractivity contribution in [2.45, 2.75) is 13.5 Å². The van der Waals surface area contributed by atoms with Crippen LogP contribution in [0.3, 0.4) is 0 Å². The normalized spacial score (nSPS) is 10.8. The molecule has 0 N–H and O–H groups in total. The van der Waals surface area contributed by atoms with Crippen LogP contribution >= 0.6 is 11.6 Å². The Labute approximate surface area is 193 Å². The lowest BCUT2D eigenvalue weighted by Crippen LogP contribution is -2.00. The van der Waals surface area contributed by atoms with Crippen molar-refractivity contribution >= 4 is 23.5 Å². The van der Waals surface area contributed by atoms with Gasteiger partial charge in [-0.3, -0.25) is 4.79 Å². The van der Waals surface area contributed by atoms with E-state index in [1.807, 2.05) is 37.3 Å². The van der Waals surface area contributed by atoms with Crippen molar-refractivity contribution < 1.29 is 23.7 Å². The van der Waals surface area contributed by atoms with Crippen molar-refractivity contribution in [1.82, 2.24) is 0 Å². The molecule has 0 atom stereocenters. The van der Waals surface area contributed by atoms with Crippen LogP contribution in [-0.2, 0) is 6.61 Å². The molecule has 3 aromatic carbocycles. The Morgan fingerprint density at radius 3 is 2.22 bits per heavy atom. The highest BCUT2D eigenvalue weighted by Gasteiger charge is 2.10. The van der Waals surface area contributed by atoms with Gasteiger partial charge in [0.25, 0.3) is 0 Å². The molecule has 166 valence electrons. The molecule has 0 aliphatic rings. The van der Waals surface area contributed by atoms with Gasteiger partial charge in [0, 0.05) is 16.1 Å². The third kappa shape index (κ3) is 5.62. The molecular weight excluding hydrogens is 428 g/mol. The molecule has 0 aliphatic heterocycles. The summed E-state index contributed by atoms with van der Waals surface area (Å²) < 4.78 is 21.9. The van der Waals surface area contributed by atoms with Crippen LogP contribution in [0.2, 0.25) is 5.02 Å². The number of ketones is 1. The summed E-state index contributed by atoms with van der Waals surface area (Å²) in [6.45, 7) is 2.26. The summed E-state index contributed by atoms with van der Waals surface area (Å²) in [5.74, 6) is 2.40. The van der Waals surface area contributed by atoms with Gasteiger partial charge in [-0.05, 0) is 72.7 Å². The number of carbonyl (C=O) groups is 1. The van der Waals surface area contributed by atoms with Gasteiger partial charge in [0.15, 0.2) is 17.3 Å². The van der Waals surface area contributed by atoms with Crippen molar-refractivity contribution in [3.63, 3.8) is 0 Å². The molecule has 0 bridgehead atoms. The van der Waals surface area contributed by atoms with Crippen LogP contribution in [0.25, 0.3) is 6.08 Å². The van der Waals surface area contributed by atoms with E-state index < -0.39 is 0 Å². The third-order valence-corrected chi connectivity index (χ3v) is 5.15. The highest BCUT2D eigenvalue weighted by Crippen LogP contribution is 2.28. The van der Waals surface area contributed by atoms with Crippen molar-refractivity contribution in [1.29, 1.82) is 0 Å². The van der Waals surface area contributed by atoms with Crippen molar-refractivity contribution in [2.75, 3.05) is 21.3 Å². The minimum atomic E-state index is -0.142. The largest absolute Gasteiger partial charge is 0.496 e. The fourth-order valence-electron chi connectivity index (χ4n) is 3.20. The van der Waals surface area contributed by atoms with Gasteiger partial charge in [-0.2, -0.15) is 0 Å². The average Bonchev–Trinajstić information content (AvgIpc) is 2.81. The van der Waals surface area contributed by atoms with E-state index in [1.165, 1.54) is 13.2 Å². The monoisotopic (exact) mass is 452 g/mol. The molecule has 0 amide bonds. The van der Waals surface area contributed by atoms with Crippen molar-refractivity contribution in [2.24, 2.45) is 0 Å². The molecule has 0 saturated heterocycles. The zero-order valence-corrected chi connectivity index (χ0v) is 19.2. The van der Waals surface area contributed by atoms with Crippen LogP contribution in [0.15, 0.2) is 60.7 Å². The molecule has 0 unspecified atom stereocenters. The van der Waals surface area contributed by atoms with E-state index >= 15 is 0 Å². The third-order valence-electron chi connectivity index (χ3n) is 4.92. The predicted molar refractivity (Wildman–Crippen MR) is 126 cm³/mol. The van der Waals surface area contributed by atoms with Gasteiger partial charge in [0.2, 0.25) is 0 Å². The number of carbonyl (C=O) groups excluding carboxylic acids is 1. The number of hydrogen-bond donors (Lipinski definition) is 0. The quantitative estimate of drug-likeness (QED) is 0.288. The van der Waals surface area contributed by atoms with E-state index in [0.29, 0.717) is 34.4 Å². The van der Waals surface area contributed by atoms with Gasteiger partial charge in [0.05, 0.1) is 21.3 Å². The molecule has 0 aromatic heterocycles. The molecular formula is C26H25ClO5. The molecule has 32 heavy (non-hydrogen) atoms. The number of methoxy groups -OCH3 is 3. The van der Waals surface area contributed by atoms with E-state index in [0.717, 1.165) is 22.4 Å². The summed E-state index contributed by atoms with van der Waals surface area (Å²) in [6, 6.07) is 16.2. The fourth-order valence-corrected chi connectivity index (χ4v) is 3.43. The Balaban J connectivity index is 1.77. The van der Waals surface area contributed by atoms with E-state index in [4.69, 9.17) is 30.5 Å². The van der Waals surface area contributed by atoms with Gasteiger partial charge in [-0.1, -0.05) is 23.7 Å². The molecule has 0 saturated carbocycles. The Bertz CT molecular complexity index is 1140. The number of benzene rings is 3. The van der Waals surface area contributed by atoms with E-state index in [9.17, 15) is 4.79 Å². The smallest absolute Gasteiger partial charge is 0.185 e. The summed E-state index contributed by atoms with van der Waals surface area (Å²) >= 11 is 6.02. The Morgan fingerprint density at radius 2 is 1.53 bits per heavy atom. The van der Waals surface area contributed by atoms with Crippen LogP contribution in [0.1, 0.15) is 27.0 Å². The van der Waals surface area contributed by atoms with Crippen LogP contribution in [0.5, 0.6) is 23.0 Å². The minimum Gasteiger partial charge on any atom is -0.496 e. The molecule has 0 fully saturated rings. The van der Waals surface area contributed by atoms with Gasteiger partial charge in [-0.25, -0.2) is 0 Å². The first-order chi connectivity index (χ1) is 15.4. The molecule has 0 aliphatic carbocycles. The highest BCUT2D eigenvalue weighted by atomic mass is 35.5. The van der Waals surface area contributed by atoms with Gasteiger partial charge < -0.3 is 18.9 Å². The molecule has 0 radical (unpaired) electrons. The fraction of sp³-hybridized carbons (Fsp3) is 0.192. The SMILES string of the molecule is COc1ccc(/C=C/C(=O)c2ccc(OC)c(OC)c2)cc1COc1ccc(Cl)cc1C. The minimum absolute atomic E-state index is 0.142. The van der Waals surface area contributed by atoms with Gasteiger partial charge in [0.1, 0.15) is 18.1 Å². The average molecular weight is 453 g/mol. The van der Waals surface area contributed by atoms with Crippen molar-refractivity contribution in [3.05, 3.63) is 87.9 Å². The predicted octanol–water partition coefficient (Wildman–Crippen LogP) is 6.15. The lowest BCUT2D eigenvalue weighted by Gasteiger charge is -2.13. The second-order valence-corrected chi connectivity index (χ2v) is 7.47. The second-order valence-electron chi connectivity index (χ2n) is 7.04. The first-order valence-electron chi connectivity index (χ1n) is 9.95. The highest BCUT2D eigenvalue weighted by molar-refractivity contribution is 6.30. The maximum absolute atomic E-state index is 12.6. The Hall–Kier alpha value is -3.44. The number of rotatable bonds is 9. The van der Waals surface area contributed by atoms with Gasteiger partial charge >= 0.3 is 0 Å². The summed E-state index contributed by atoms with van der Waals surface area (Å²) in [6.07, 6.45) is 3.28. The zero-order chi connectivity index (χ0) is 23.1. The standard InChI is InChI=1S/C26H25ClO5/c1-17-13-21(27)8-12-23(17)32-16-20-14-18(6-10-24(20)29-2)5-9-22(28)19-7-11-25(30-3)26(15-19)31-4/h5-15H,16H2,1-4H3/b9-5+. The molecule has 5 nitrogen and oxygen atoms in total. The molecule has 3 rings (SSSR count). The number of halogens is 1. The summed E-state index contributed by atoms with van der Waals surface area (Å²) in [5, 5.41) is 0.665. The van der Waals surface area contributed by atoms with Crippen LogP contribution in [-0.4, -0.2) is 27.1 Å². The number of ether oxygens (including phenoxy) is 4. The number of aryl methyl sites for hydroxylation is 1. The summed E-state index contributed by atoms with van der Waals surface area (Å²) in [4.78, 5) is 12.6. The summed E-state index contributed by atoms with van der Waals surface area (Å²) in [7, 11) is 4.70. The molecule has 0 spiro atoms. The maximum atomic E-state index is 12.6. The Kier molecular flexibility index (Phi) is 7.79. The topological polar surface area (TPSA) is 54.0 Å². The van der Waals surface area contributed by atoms with Crippen molar-refractivity contribution in [3.8, 4) is 23.0 Å². The van der Waals surface area contributed by atoms with Gasteiger partial charge in [-0.15, -0.1) is 0 Å². The van der Waals surface area contributed by atoms with Crippen LogP contribution in [0.4, 0.5) is 0 Å².